The maximum Gasteiger partial charge on any atom is 1.00 e. The van der Waals surface area contributed by atoms with Gasteiger partial charge in [0.25, 0.3) is 0 Å². The van der Waals surface area contributed by atoms with Gasteiger partial charge in [-0.25, -0.2) is 27.1 Å². The predicted molar refractivity (Wildman–Crippen MR) is 188 cm³/mol. The number of aromatic hydroxyl groups is 4. The number of rotatable bonds is 6. The molecule has 0 aliphatic rings. The van der Waals surface area contributed by atoms with Gasteiger partial charge in [-0.1, -0.05) is 60.7 Å². The minimum Gasteiger partial charge on any atom is -0.506 e. The average Bonchev–Trinajstić information content (AvgIpc) is 3.06. The Balaban J connectivity index is 0.000000270. The molecule has 0 bridgehead atoms. The van der Waals surface area contributed by atoms with E-state index in [4.69, 9.17) is 10.3 Å². The molecule has 0 atom stereocenters. The summed E-state index contributed by atoms with van der Waals surface area (Å²) in [7, 11) is -7.89. The predicted octanol–water partition coefficient (Wildman–Crippen LogP) is 4.25. The molecule has 18 heteroatoms. The summed E-state index contributed by atoms with van der Waals surface area (Å²) in [4.78, 5) is -0.366. The van der Waals surface area contributed by atoms with E-state index in [1.54, 1.807) is 48.5 Å². The summed E-state index contributed by atoms with van der Waals surface area (Å²) >= 11 is 0. The first-order valence-electron chi connectivity index (χ1n) is 14.5. The van der Waals surface area contributed by atoms with Crippen molar-refractivity contribution in [2.24, 2.45) is 30.7 Å². The van der Waals surface area contributed by atoms with Gasteiger partial charge in [-0.15, -0.1) is 20.5 Å². The van der Waals surface area contributed by atoms with E-state index in [1.165, 1.54) is 26.0 Å². The second kappa shape index (κ2) is 16.9. The number of primary sulfonamides is 2. The molecule has 0 aromatic heterocycles. The quantitative estimate of drug-likeness (QED) is 0.105. The Bertz CT molecular complexity index is 2410. The van der Waals surface area contributed by atoms with Crippen molar-refractivity contribution in [2.45, 2.75) is 23.6 Å². The van der Waals surface area contributed by atoms with E-state index in [9.17, 15) is 37.3 Å². The van der Waals surface area contributed by atoms with Crippen molar-refractivity contribution in [2.75, 3.05) is 0 Å². The molecule has 0 unspecified atom stereocenters. The van der Waals surface area contributed by atoms with Crippen LogP contribution in [0.15, 0.2) is 127 Å². The van der Waals surface area contributed by atoms with E-state index in [1.807, 2.05) is 24.3 Å². The smallest absolute Gasteiger partial charge is 0.506 e. The van der Waals surface area contributed by atoms with Gasteiger partial charge in [-0.05, 0) is 60.0 Å². The van der Waals surface area contributed by atoms with Crippen LogP contribution in [0.1, 0.15) is 11.1 Å². The Kier molecular flexibility index (Phi) is 13.7. The molecule has 0 saturated carbocycles. The fourth-order valence-corrected chi connectivity index (χ4v) is 6.53. The Morgan fingerprint density at radius 3 is 1.17 bits per heavy atom. The molecule has 0 aliphatic carbocycles. The maximum atomic E-state index is 11.4. The van der Waals surface area contributed by atoms with Crippen molar-refractivity contribution in [3.63, 3.8) is 0 Å². The number of azo groups is 2. The normalized spacial score (nSPS) is 11.6. The number of sulfonamides is 2. The first-order chi connectivity index (χ1) is 23.5. The number of nitrogens with zero attached hydrogens (tertiary/aromatic N) is 4. The minimum absolute atomic E-state index is 0. The summed E-state index contributed by atoms with van der Waals surface area (Å²) in [5.41, 5.74) is 1.25. The van der Waals surface area contributed by atoms with Crippen molar-refractivity contribution in [3.8, 4) is 23.0 Å². The summed E-state index contributed by atoms with van der Waals surface area (Å²) in [6.45, 7) is 3.07. The SMILES string of the molecule is Cc1cc(N=Nc2ccc3ccccc3c2O)c(O)cc1S(N)(=O)=O.Cc1cc(N=Nc2ccc3ccccc3c2O)c(O)cc1S(N)(=O)=O.[Cr].[Na+]. The van der Waals surface area contributed by atoms with Gasteiger partial charge < -0.3 is 20.4 Å². The van der Waals surface area contributed by atoms with Crippen LogP contribution in [0.3, 0.4) is 0 Å². The molecule has 0 fully saturated rings. The number of phenols is 4. The van der Waals surface area contributed by atoms with Crippen molar-refractivity contribution >= 4 is 64.3 Å². The van der Waals surface area contributed by atoms with Crippen LogP contribution in [0.25, 0.3) is 21.5 Å². The summed E-state index contributed by atoms with van der Waals surface area (Å²) in [6.07, 6.45) is 0. The number of benzene rings is 6. The molecular weight excluding hydrogens is 760 g/mol. The third-order valence-electron chi connectivity index (χ3n) is 7.45. The fourth-order valence-electron chi connectivity index (χ4n) is 4.96. The monoisotopic (exact) mass is 789 g/mol. The Morgan fingerprint density at radius 2 is 0.827 bits per heavy atom. The number of fused-ring (bicyclic) bond motifs is 2. The van der Waals surface area contributed by atoms with E-state index >= 15 is 0 Å². The minimum atomic E-state index is -3.94. The molecule has 52 heavy (non-hydrogen) atoms. The molecule has 6 aromatic carbocycles. The van der Waals surface area contributed by atoms with Gasteiger partial charge in [0.2, 0.25) is 20.0 Å². The van der Waals surface area contributed by atoms with Gasteiger partial charge in [-0.2, -0.15) is 0 Å². The molecule has 6 rings (SSSR count). The maximum absolute atomic E-state index is 11.4. The summed E-state index contributed by atoms with van der Waals surface area (Å²) < 4.78 is 45.8. The Labute approximate surface area is 331 Å². The molecule has 0 heterocycles. The zero-order chi connectivity index (χ0) is 36.4. The zero-order valence-corrected chi connectivity index (χ0v) is 32.7. The van der Waals surface area contributed by atoms with Gasteiger partial charge in [0, 0.05) is 40.3 Å². The van der Waals surface area contributed by atoms with E-state index in [-0.39, 0.29) is 102 Å². The van der Waals surface area contributed by atoms with Crippen molar-refractivity contribution < 1.29 is 84.2 Å². The third kappa shape index (κ3) is 9.52. The van der Waals surface area contributed by atoms with Gasteiger partial charge in [0.05, 0.1) is 9.79 Å². The van der Waals surface area contributed by atoms with Crippen LogP contribution in [-0.4, -0.2) is 37.3 Å². The van der Waals surface area contributed by atoms with Gasteiger partial charge in [0.1, 0.15) is 34.2 Å². The molecule has 0 amide bonds. The number of nitrogens with two attached hydrogens (primary N) is 2. The average molecular weight is 790 g/mol. The second-order valence-electron chi connectivity index (χ2n) is 11.0. The summed E-state index contributed by atoms with van der Waals surface area (Å²) in [5, 5.41) is 69.4. The number of hydrogen-bond donors (Lipinski definition) is 6. The fraction of sp³-hybridized carbons (Fsp3) is 0.0588. The molecular formula is C34H30CrN6NaO8S2+. The van der Waals surface area contributed by atoms with Crippen molar-refractivity contribution in [3.05, 3.63) is 108 Å². The molecule has 0 radical (unpaired) electrons. The number of phenolic OH excluding ortho intramolecular Hbond substituents is 4. The van der Waals surface area contributed by atoms with Gasteiger partial charge in [-0.3, -0.25) is 0 Å². The Morgan fingerprint density at radius 1 is 0.500 bits per heavy atom. The van der Waals surface area contributed by atoms with Crippen molar-refractivity contribution in [1.29, 1.82) is 0 Å². The van der Waals surface area contributed by atoms with Crippen LogP contribution in [0.2, 0.25) is 0 Å². The first kappa shape index (κ1) is 42.0. The standard InChI is InChI=1S/2C17H15N3O4S.Cr.Na/c2*1-10-8-14(15(21)9-16(10)25(18,23)24)20-19-13-7-6-11-4-2-3-5-12(11)17(13)22;;/h2*2-9,21-22H,1H3,(H2,18,23,24);;/q;;;+1. The van der Waals surface area contributed by atoms with Gasteiger partial charge >= 0.3 is 29.6 Å². The number of aryl methyl sites for hydroxylation is 2. The van der Waals surface area contributed by atoms with Crippen LogP contribution in [0, 0.1) is 13.8 Å². The Hall–Kier alpha value is -4.41. The molecule has 14 nitrogen and oxygen atoms in total. The van der Waals surface area contributed by atoms with Gasteiger partial charge in [0.15, 0.2) is 11.5 Å². The van der Waals surface area contributed by atoms with Crippen molar-refractivity contribution in [1.82, 2.24) is 0 Å². The molecule has 0 aliphatic heterocycles. The zero-order valence-electron chi connectivity index (χ0n) is 27.8. The van der Waals surface area contributed by atoms with E-state index in [2.05, 4.69) is 20.5 Å². The molecule has 0 spiro atoms. The van der Waals surface area contributed by atoms with Crippen LogP contribution < -0.4 is 39.8 Å². The second-order valence-corrected chi connectivity index (χ2v) is 14.1. The summed E-state index contributed by atoms with van der Waals surface area (Å²) in [5.74, 6) is -0.809. The summed E-state index contributed by atoms with van der Waals surface area (Å²) in [6, 6.07) is 26.1. The van der Waals surface area contributed by atoms with E-state index in [0.717, 1.165) is 22.9 Å². The van der Waals surface area contributed by atoms with E-state index in [0.29, 0.717) is 21.9 Å². The molecule has 0 saturated heterocycles. The van der Waals surface area contributed by atoms with Crippen LogP contribution in [0.4, 0.5) is 22.7 Å². The van der Waals surface area contributed by atoms with Crippen LogP contribution in [-0.2, 0) is 37.4 Å². The molecule has 6 aromatic rings. The molecule has 262 valence electrons. The van der Waals surface area contributed by atoms with Crippen LogP contribution in [0.5, 0.6) is 23.0 Å². The topological polar surface area (TPSA) is 251 Å². The first-order valence-corrected chi connectivity index (χ1v) is 17.6. The third-order valence-corrected chi connectivity index (χ3v) is 9.55. The number of hydrogen-bond acceptors (Lipinski definition) is 12. The van der Waals surface area contributed by atoms with E-state index < -0.39 is 20.0 Å². The van der Waals surface area contributed by atoms with Crippen LogP contribution >= 0.6 is 0 Å². The largest absolute Gasteiger partial charge is 1.00 e. The molecule has 8 N–H and O–H groups in total.